The van der Waals surface area contributed by atoms with Gasteiger partial charge in [0.15, 0.2) is 0 Å². The summed E-state index contributed by atoms with van der Waals surface area (Å²) in [6.45, 7) is 8.63. The molecule has 0 atom stereocenters. The number of fused-ring (bicyclic) bond motifs is 1. The fourth-order valence-corrected chi connectivity index (χ4v) is 4.95. The van der Waals surface area contributed by atoms with Crippen LogP contribution in [0.15, 0.2) is 18.2 Å². The Hall–Kier alpha value is -1.65. The molecule has 5 heteroatoms. The molecular formula is C20H22ClN3S. The molecule has 3 aromatic rings. The zero-order chi connectivity index (χ0) is 17.6. The van der Waals surface area contributed by atoms with E-state index in [0.29, 0.717) is 5.28 Å². The van der Waals surface area contributed by atoms with Crippen LogP contribution >= 0.6 is 22.9 Å². The largest absolute Gasteiger partial charge is 0.356 e. The van der Waals surface area contributed by atoms with Gasteiger partial charge < -0.3 is 4.90 Å². The topological polar surface area (TPSA) is 29.0 Å². The molecule has 3 heterocycles. The molecular weight excluding hydrogens is 350 g/mol. The standard InChI is InChI=1S/C20H22ClN3S/c1-4-15-16(14-8-7-12(2)13(3)11-14)17-18(24-9-5-6-10-24)22-20(21)23-19(17)25-15/h7-8,11H,4-6,9-10H2,1-3H3. The lowest BCUT2D eigenvalue weighted by Gasteiger charge is -2.18. The minimum Gasteiger partial charge on any atom is -0.356 e. The van der Waals surface area contributed by atoms with Gasteiger partial charge in [-0.2, -0.15) is 4.98 Å². The molecule has 0 unspecified atom stereocenters. The highest BCUT2D eigenvalue weighted by atomic mass is 35.5. The first kappa shape index (κ1) is 16.8. The third-order valence-corrected chi connectivity index (χ3v) is 6.50. The van der Waals surface area contributed by atoms with Gasteiger partial charge in [-0.1, -0.05) is 25.1 Å². The van der Waals surface area contributed by atoms with Crippen molar-refractivity contribution in [1.82, 2.24) is 9.97 Å². The van der Waals surface area contributed by atoms with Crippen molar-refractivity contribution < 1.29 is 0 Å². The quantitative estimate of drug-likeness (QED) is 0.545. The van der Waals surface area contributed by atoms with E-state index in [2.05, 4.69) is 53.8 Å². The molecule has 1 aliphatic heterocycles. The highest BCUT2D eigenvalue weighted by molar-refractivity contribution is 7.19. The van der Waals surface area contributed by atoms with Crippen LogP contribution in [0, 0.1) is 13.8 Å². The molecule has 0 spiro atoms. The van der Waals surface area contributed by atoms with Crippen LogP contribution in [0.1, 0.15) is 35.8 Å². The number of halogens is 1. The molecule has 1 aliphatic rings. The van der Waals surface area contributed by atoms with Gasteiger partial charge in [-0.3, -0.25) is 0 Å². The number of thiophene rings is 1. The van der Waals surface area contributed by atoms with Crippen LogP contribution in [0.3, 0.4) is 0 Å². The van der Waals surface area contributed by atoms with Crippen LogP contribution in [-0.4, -0.2) is 23.1 Å². The van der Waals surface area contributed by atoms with Crippen LogP contribution < -0.4 is 4.90 Å². The Morgan fingerprint density at radius 3 is 2.56 bits per heavy atom. The first-order valence-corrected chi connectivity index (χ1v) is 10.1. The van der Waals surface area contributed by atoms with Crippen molar-refractivity contribution in [2.45, 2.75) is 40.0 Å². The Kier molecular flexibility index (Phi) is 4.42. The third-order valence-electron chi connectivity index (χ3n) is 5.10. The Labute approximate surface area is 157 Å². The fraction of sp³-hybridized carbons (Fsp3) is 0.400. The minimum atomic E-state index is 0.352. The number of benzene rings is 1. The van der Waals surface area contributed by atoms with Gasteiger partial charge in [0.1, 0.15) is 10.6 Å². The predicted octanol–water partition coefficient (Wildman–Crippen LogP) is 5.79. The zero-order valence-electron chi connectivity index (χ0n) is 14.9. The normalized spacial score (nSPS) is 14.6. The van der Waals surface area contributed by atoms with Crippen LogP contribution in [-0.2, 0) is 6.42 Å². The lowest BCUT2D eigenvalue weighted by molar-refractivity contribution is 0.940. The molecule has 0 aliphatic carbocycles. The van der Waals surface area contributed by atoms with Gasteiger partial charge in [-0.15, -0.1) is 11.3 Å². The molecule has 25 heavy (non-hydrogen) atoms. The van der Waals surface area contributed by atoms with Gasteiger partial charge in [0.2, 0.25) is 5.28 Å². The van der Waals surface area contributed by atoms with Crippen LogP contribution in [0.5, 0.6) is 0 Å². The van der Waals surface area contributed by atoms with Gasteiger partial charge in [-0.05, 0) is 61.4 Å². The molecule has 1 aromatic carbocycles. The van der Waals surface area contributed by atoms with E-state index in [1.807, 2.05) is 0 Å². The Bertz CT molecular complexity index is 942. The van der Waals surface area contributed by atoms with Crippen molar-refractivity contribution in [3.05, 3.63) is 39.5 Å². The average Bonchev–Trinajstić information content (AvgIpc) is 3.24. The maximum absolute atomic E-state index is 6.26. The summed E-state index contributed by atoms with van der Waals surface area (Å²) in [4.78, 5) is 13.9. The molecule has 1 fully saturated rings. The Balaban J connectivity index is 2.02. The molecule has 0 saturated carbocycles. The van der Waals surface area contributed by atoms with Crippen molar-refractivity contribution in [2.75, 3.05) is 18.0 Å². The van der Waals surface area contributed by atoms with Crippen molar-refractivity contribution in [2.24, 2.45) is 0 Å². The van der Waals surface area contributed by atoms with E-state index in [4.69, 9.17) is 11.6 Å². The van der Waals surface area contributed by atoms with Crippen molar-refractivity contribution in [3.63, 3.8) is 0 Å². The first-order chi connectivity index (χ1) is 12.1. The summed E-state index contributed by atoms with van der Waals surface area (Å²) in [7, 11) is 0. The summed E-state index contributed by atoms with van der Waals surface area (Å²) in [5.41, 5.74) is 5.19. The average molecular weight is 372 g/mol. The van der Waals surface area contributed by atoms with E-state index in [-0.39, 0.29) is 0 Å². The number of hydrogen-bond donors (Lipinski definition) is 0. The van der Waals surface area contributed by atoms with E-state index in [1.165, 1.54) is 45.4 Å². The molecule has 0 amide bonds. The minimum absolute atomic E-state index is 0.352. The van der Waals surface area contributed by atoms with Crippen molar-refractivity contribution >= 4 is 39.0 Å². The highest BCUT2D eigenvalue weighted by Crippen LogP contribution is 2.43. The number of aromatic nitrogens is 2. The summed E-state index contributed by atoms with van der Waals surface area (Å²) in [6, 6.07) is 6.73. The number of hydrogen-bond acceptors (Lipinski definition) is 4. The van der Waals surface area contributed by atoms with E-state index < -0.39 is 0 Å². The van der Waals surface area contributed by atoms with Gasteiger partial charge in [0.05, 0.1) is 5.39 Å². The van der Waals surface area contributed by atoms with E-state index in [0.717, 1.165) is 30.2 Å². The molecule has 2 aromatic heterocycles. The van der Waals surface area contributed by atoms with Crippen LogP contribution in [0.2, 0.25) is 5.28 Å². The van der Waals surface area contributed by atoms with Crippen LogP contribution in [0.4, 0.5) is 5.82 Å². The Morgan fingerprint density at radius 1 is 1.12 bits per heavy atom. The van der Waals surface area contributed by atoms with Gasteiger partial charge >= 0.3 is 0 Å². The maximum Gasteiger partial charge on any atom is 0.225 e. The predicted molar refractivity (Wildman–Crippen MR) is 108 cm³/mol. The van der Waals surface area contributed by atoms with Crippen molar-refractivity contribution in [1.29, 1.82) is 0 Å². The highest BCUT2D eigenvalue weighted by Gasteiger charge is 2.24. The second kappa shape index (κ2) is 6.58. The second-order valence-electron chi connectivity index (χ2n) is 6.74. The Morgan fingerprint density at radius 2 is 1.88 bits per heavy atom. The lowest BCUT2D eigenvalue weighted by atomic mass is 9.98. The fourth-order valence-electron chi connectivity index (χ4n) is 3.61. The molecule has 0 radical (unpaired) electrons. The van der Waals surface area contributed by atoms with Gasteiger partial charge in [0, 0.05) is 23.5 Å². The zero-order valence-corrected chi connectivity index (χ0v) is 16.5. The monoisotopic (exact) mass is 371 g/mol. The summed E-state index contributed by atoms with van der Waals surface area (Å²) < 4.78 is 0. The smallest absolute Gasteiger partial charge is 0.225 e. The van der Waals surface area contributed by atoms with Crippen molar-refractivity contribution in [3.8, 4) is 11.1 Å². The summed E-state index contributed by atoms with van der Waals surface area (Å²) in [6.07, 6.45) is 3.42. The van der Waals surface area contributed by atoms with Crippen LogP contribution in [0.25, 0.3) is 21.3 Å². The van der Waals surface area contributed by atoms with E-state index in [9.17, 15) is 0 Å². The number of aryl methyl sites for hydroxylation is 3. The molecule has 1 saturated heterocycles. The number of nitrogens with zero attached hydrogens (tertiary/aromatic N) is 3. The SMILES string of the molecule is CCc1sc2nc(Cl)nc(N3CCCC3)c2c1-c1ccc(C)c(C)c1. The molecule has 0 bridgehead atoms. The first-order valence-electron chi connectivity index (χ1n) is 8.90. The second-order valence-corrected chi connectivity index (χ2v) is 8.17. The summed E-state index contributed by atoms with van der Waals surface area (Å²) >= 11 is 8.01. The maximum atomic E-state index is 6.26. The molecule has 130 valence electrons. The van der Waals surface area contributed by atoms with E-state index in [1.54, 1.807) is 11.3 Å². The summed E-state index contributed by atoms with van der Waals surface area (Å²) in [5, 5.41) is 1.53. The molecule has 3 nitrogen and oxygen atoms in total. The third kappa shape index (κ3) is 2.91. The summed E-state index contributed by atoms with van der Waals surface area (Å²) in [5.74, 6) is 1.01. The van der Waals surface area contributed by atoms with E-state index >= 15 is 0 Å². The number of rotatable bonds is 3. The lowest BCUT2D eigenvalue weighted by Crippen LogP contribution is -2.19. The van der Waals surface area contributed by atoms with Gasteiger partial charge in [0.25, 0.3) is 0 Å². The molecule has 0 N–H and O–H groups in total. The number of anilines is 1. The van der Waals surface area contributed by atoms with Gasteiger partial charge in [-0.25, -0.2) is 4.98 Å². The molecule has 4 rings (SSSR count).